The zero-order valence-electron chi connectivity index (χ0n) is 9.20. The normalized spacial score (nSPS) is 12.9. The first-order valence-electron chi connectivity index (χ1n) is 4.91. The highest BCUT2D eigenvalue weighted by Crippen LogP contribution is 2.10. The van der Waals surface area contributed by atoms with E-state index in [2.05, 4.69) is 40.1 Å². The fourth-order valence-corrected chi connectivity index (χ4v) is 1.21. The molecule has 1 unspecified atom stereocenters. The average molecular weight is 274 g/mol. The Balaban J connectivity index is 2.43. The van der Waals surface area contributed by atoms with Crippen LogP contribution in [0.4, 0.5) is 0 Å². The van der Waals surface area contributed by atoms with E-state index in [1.54, 1.807) is 17.1 Å². The van der Waals surface area contributed by atoms with E-state index in [4.69, 9.17) is 0 Å². The first kappa shape index (κ1) is 12.2. The van der Waals surface area contributed by atoms with Gasteiger partial charge in [0, 0.05) is 24.6 Å². The number of nitrogens with one attached hydrogen (secondary N) is 1. The van der Waals surface area contributed by atoms with Crippen LogP contribution in [0.1, 0.15) is 24.3 Å². The number of aryl methyl sites for hydroxylation is 1. The molecule has 5 heteroatoms. The van der Waals surface area contributed by atoms with Crippen LogP contribution in [0.3, 0.4) is 0 Å². The van der Waals surface area contributed by atoms with Crippen molar-refractivity contribution in [3.63, 3.8) is 0 Å². The van der Waals surface area contributed by atoms with Crippen molar-refractivity contribution in [2.45, 2.75) is 18.7 Å². The number of aromatic nitrogens is 2. The summed E-state index contributed by atoms with van der Waals surface area (Å²) in [4.78, 5) is 15.8. The van der Waals surface area contributed by atoms with Crippen molar-refractivity contribution in [3.05, 3.63) is 18.2 Å². The molecule has 0 radical (unpaired) electrons. The number of amides is 1. The van der Waals surface area contributed by atoms with Crippen molar-refractivity contribution >= 4 is 21.8 Å². The molecule has 0 bridgehead atoms. The third-order valence-corrected chi connectivity index (χ3v) is 3.50. The summed E-state index contributed by atoms with van der Waals surface area (Å²) in [5.41, 5.74) is 0.459. The molecule has 1 heterocycles. The predicted octanol–water partition coefficient (Wildman–Crippen LogP) is 1.57. The maximum Gasteiger partial charge on any atom is 0.271 e. The molecule has 84 valence electrons. The SMILES string of the molecule is CC(C)C(Br)CNC(=O)c1cn(C)cn1. The van der Waals surface area contributed by atoms with Crippen LogP contribution in [0.25, 0.3) is 0 Å². The molecule has 1 rings (SSSR count). The molecule has 0 aliphatic carbocycles. The van der Waals surface area contributed by atoms with Gasteiger partial charge in [-0.1, -0.05) is 29.8 Å². The van der Waals surface area contributed by atoms with Crippen LogP contribution in [0, 0.1) is 5.92 Å². The molecule has 1 atom stereocenters. The number of carbonyl (C=O) groups excluding carboxylic acids is 1. The van der Waals surface area contributed by atoms with Crippen molar-refractivity contribution in [1.82, 2.24) is 14.9 Å². The van der Waals surface area contributed by atoms with Crippen LogP contribution in [0.5, 0.6) is 0 Å². The molecule has 0 aliphatic rings. The van der Waals surface area contributed by atoms with Crippen molar-refractivity contribution < 1.29 is 4.79 Å². The van der Waals surface area contributed by atoms with Gasteiger partial charge in [0.15, 0.2) is 0 Å². The van der Waals surface area contributed by atoms with E-state index in [0.29, 0.717) is 23.0 Å². The number of hydrogen-bond acceptors (Lipinski definition) is 2. The van der Waals surface area contributed by atoms with E-state index < -0.39 is 0 Å². The van der Waals surface area contributed by atoms with Gasteiger partial charge in [-0.3, -0.25) is 4.79 Å². The molecule has 15 heavy (non-hydrogen) atoms. The average Bonchev–Trinajstić information content (AvgIpc) is 2.60. The van der Waals surface area contributed by atoms with Crippen LogP contribution in [-0.4, -0.2) is 26.8 Å². The van der Waals surface area contributed by atoms with Gasteiger partial charge in [-0.15, -0.1) is 0 Å². The van der Waals surface area contributed by atoms with Gasteiger partial charge in [0.25, 0.3) is 5.91 Å². The van der Waals surface area contributed by atoms with Crippen molar-refractivity contribution in [2.24, 2.45) is 13.0 Å². The Bertz CT molecular complexity index is 335. The molecule has 1 N–H and O–H groups in total. The molecule has 0 spiro atoms. The number of alkyl halides is 1. The molecular formula is C10H16BrN3O. The van der Waals surface area contributed by atoms with Gasteiger partial charge < -0.3 is 9.88 Å². The van der Waals surface area contributed by atoms with E-state index >= 15 is 0 Å². The first-order chi connectivity index (χ1) is 7.00. The number of nitrogens with zero attached hydrogens (tertiary/aromatic N) is 2. The summed E-state index contributed by atoms with van der Waals surface area (Å²) >= 11 is 3.51. The molecule has 1 amide bonds. The smallest absolute Gasteiger partial charge is 0.271 e. The Morgan fingerprint density at radius 1 is 1.67 bits per heavy atom. The zero-order valence-corrected chi connectivity index (χ0v) is 10.8. The summed E-state index contributed by atoms with van der Waals surface area (Å²) in [6.07, 6.45) is 3.32. The lowest BCUT2D eigenvalue weighted by molar-refractivity contribution is 0.0948. The molecule has 0 saturated heterocycles. The first-order valence-corrected chi connectivity index (χ1v) is 5.82. The summed E-state index contributed by atoms with van der Waals surface area (Å²) in [6.45, 7) is 4.83. The Hall–Kier alpha value is -0.840. The van der Waals surface area contributed by atoms with E-state index in [1.807, 2.05) is 7.05 Å². The Kier molecular flexibility index (Phi) is 4.32. The van der Waals surface area contributed by atoms with Crippen LogP contribution < -0.4 is 5.32 Å². The number of rotatable bonds is 4. The third-order valence-electron chi connectivity index (χ3n) is 2.12. The van der Waals surface area contributed by atoms with E-state index in [0.717, 1.165) is 0 Å². The molecule has 1 aromatic heterocycles. The molecule has 0 aliphatic heterocycles. The molecule has 1 aromatic rings. The number of hydrogen-bond donors (Lipinski definition) is 1. The second kappa shape index (κ2) is 5.30. The predicted molar refractivity (Wildman–Crippen MR) is 63.1 cm³/mol. The van der Waals surface area contributed by atoms with Crippen molar-refractivity contribution in [2.75, 3.05) is 6.54 Å². The monoisotopic (exact) mass is 273 g/mol. The number of imidazole rings is 1. The topological polar surface area (TPSA) is 46.9 Å². The van der Waals surface area contributed by atoms with Crippen LogP contribution in [0.2, 0.25) is 0 Å². The zero-order chi connectivity index (χ0) is 11.4. The van der Waals surface area contributed by atoms with E-state index in [-0.39, 0.29) is 5.91 Å². The van der Waals surface area contributed by atoms with Gasteiger partial charge in [-0.05, 0) is 5.92 Å². The van der Waals surface area contributed by atoms with E-state index in [9.17, 15) is 4.79 Å². The van der Waals surface area contributed by atoms with Crippen LogP contribution in [-0.2, 0) is 7.05 Å². The minimum absolute atomic E-state index is 0.124. The maximum atomic E-state index is 11.6. The summed E-state index contributed by atoms with van der Waals surface area (Å²) in [7, 11) is 1.84. The van der Waals surface area contributed by atoms with Crippen LogP contribution in [0.15, 0.2) is 12.5 Å². The van der Waals surface area contributed by atoms with Crippen molar-refractivity contribution in [1.29, 1.82) is 0 Å². The molecular weight excluding hydrogens is 258 g/mol. The fraction of sp³-hybridized carbons (Fsp3) is 0.600. The Morgan fingerprint density at radius 3 is 2.80 bits per heavy atom. The number of halogens is 1. The Morgan fingerprint density at radius 2 is 2.33 bits per heavy atom. The fourth-order valence-electron chi connectivity index (χ4n) is 1.05. The minimum Gasteiger partial charge on any atom is -0.350 e. The van der Waals surface area contributed by atoms with Gasteiger partial charge in [0.1, 0.15) is 5.69 Å². The quantitative estimate of drug-likeness (QED) is 0.847. The summed E-state index contributed by atoms with van der Waals surface area (Å²) in [5, 5.41) is 2.83. The Labute approximate surface area is 98.2 Å². The highest BCUT2D eigenvalue weighted by atomic mass is 79.9. The lowest BCUT2D eigenvalue weighted by atomic mass is 10.1. The molecule has 0 saturated carbocycles. The lowest BCUT2D eigenvalue weighted by Crippen LogP contribution is -2.31. The second-order valence-corrected chi connectivity index (χ2v) is 5.07. The third kappa shape index (κ3) is 3.66. The molecule has 4 nitrogen and oxygen atoms in total. The second-order valence-electron chi connectivity index (χ2n) is 3.89. The summed E-state index contributed by atoms with van der Waals surface area (Å²) < 4.78 is 1.75. The lowest BCUT2D eigenvalue weighted by Gasteiger charge is -2.13. The summed E-state index contributed by atoms with van der Waals surface area (Å²) in [6, 6.07) is 0. The highest BCUT2D eigenvalue weighted by molar-refractivity contribution is 9.09. The van der Waals surface area contributed by atoms with Gasteiger partial charge in [0.2, 0.25) is 0 Å². The van der Waals surface area contributed by atoms with Gasteiger partial charge in [0.05, 0.1) is 6.33 Å². The number of carbonyl (C=O) groups is 1. The van der Waals surface area contributed by atoms with Gasteiger partial charge in [-0.2, -0.15) is 0 Å². The standard InChI is InChI=1S/C10H16BrN3O/c1-7(2)8(11)4-12-10(15)9-5-14(3)6-13-9/h5-8H,4H2,1-3H3,(H,12,15). The van der Waals surface area contributed by atoms with E-state index in [1.165, 1.54) is 0 Å². The van der Waals surface area contributed by atoms with Gasteiger partial charge >= 0.3 is 0 Å². The highest BCUT2D eigenvalue weighted by Gasteiger charge is 2.12. The maximum absolute atomic E-state index is 11.6. The molecule has 0 fully saturated rings. The van der Waals surface area contributed by atoms with Crippen LogP contribution >= 0.6 is 15.9 Å². The minimum atomic E-state index is -0.124. The summed E-state index contributed by atoms with van der Waals surface area (Å²) in [5.74, 6) is 0.370. The largest absolute Gasteiger partial charge is 0.350 e. The van der Waals surface area contributed by atoms with Gasteiger partial charge in [-0.25, -0.2) is 4.98 Å². The molecule has 0 aromatic carbocycles. The van der Waals surface area contributed by atoms with Crippen molar-refractivity contribution in [3.8, 4) is 0 Å².